The standard InChI is InChI=1S/C22H17ClFN3O2S/c23-19-13-18(11-12-20(19)24)26-30(28,29)21-15-27(14-16-7-3-1-4-8-16)25-22(21)17-9-5-2-6-10-17/h1-13,15,26H,14H2. The van der Waals surface area contributed by atoms with Crippen LogP contribution in [0.5, 0.6) is 0 Å². The van der Waals surface area contributed by atoms with Gasteiger partial charge in [0.15, 0.2) is 0 Å². The second-order valence-electron chi connectivity index (χ2n) is 6.63. The molecule has 1 N–H and O–H groups in total. The van der Waals surface area contributed by atoms with Crippen LogP contribution in [0.3, 0.4) is 0 Å². The van der Waals surface area contributed by atoms with Gasteiger partial charge in [-0.2, -0.15) is 5.10 Å². The molecule has 0 atom stereocenters. The molecule has 4 aromatic rings. The van der Waals surface area contributed by atoms with Crippen LogP contribution in [0.4, 0.5) is 10.1 Å². The molecule has 152 valence electrons. The maximum atomic E-state index is 13.4. The Balaban J connectivity index is 1.75. The van der Waals surface area contributed by atoms with Crippen LogP contribution in [0, 0.1) is 5.82 Å². The van der Waals surface area contributed by atoms with E-state index in [2.05, 4.69) is 9.82 Å². The van der Waals surface area contributed by atoms with Crippen LogP contribution < -0.4 is 4.72 Å². The Labute approximate surface area is 178 Å². The topological polar surface area (TPSA) is 64.0 Å². The first-order valence-corrected chi connectivity index (χ1v) is 10.9. The summed E-state index contributed by atoms with van der Waals surface area (Å²) in [5, 5.41) is 4.36. The number of hydrogen-bond acceptors (Lipinski definition) is 3. The summed E-state index contributed by atoms with van der Waals surface area (Å²) in [7, 11) is -4.01. The molecule has 0 fully saturated rings. The number of benzene rings is 3. The van der Waals surface area contributed by atoms with Crippen molar-refractivity contribution in [2.24, 2.45) is 0 Å². The number of halogens is 2. The molecule has 0 bridgehead atoms. The van der Waals surface area contributed by atoms with E-state index in [1.54, 1.807) is 16.8 Å². The maximum absolute atomic E-state index is 13.4. The van der Waals surface area contributed by atoms with Crippen molar-refractivity contribution in [2.75, 3.05) is 4.72 Å². The third-order valence-electron chi connectivity index (χ3n) is 4.42. The molecule has 0 radical (unpaired) electrons. The summed E-state index contributed by atoms with van der Waals surface area (Å²) >= 11 is 5.78. The lowest BCUT2D eigenvalue weighted by molar-refractivity contribution is 0.600. The van der Waals surface area contributed by atoms with Crippen LogP contribution in [0.15, 0.2) is 90.0 Å². The van der Waals surface area contributed by atoms with Crippen LogP contribution in [0.2, 0.25) is 5.02 Å². The molecular formula is C22H17ClFN3O2S. The zero-order chi connectivity index (χ0) is 21.1. The van der Waals surface area contributed by atoms with E-state index in [1.807, 2.05) is 48.5 Å². The lowest BCUT2D eigenvalue weighted by Gasteiger charge is -2.08. The molecule has 0 spiro atoms. The van der Waals surface area contributed by atoms with Gasteiger partial charge in [-0.25, -0.2) is 12.8 Å². The Morgan fingerprint density at radius 1 is 0.967 bits per heavy atom. The average molecular weight is 442 g/mol. The molecular weight excluding hydrogens is 425 g/mol. The Bertz CT molecular complexity index is 1280. The van der Waals surface area contributed by atoms with Crippen LogP contribution in [-0.2, 0) is 16.6 Å². The average Bonchev–Trinajstić information content (AvgIpc) is 3.17. The van der Waals surface area contributed by atoms with Gasteiger partial charge in [0.25, 0.3) is 10.0 Å². The zero-order valence-electron chi connectivity index (χ0n) is 15.7. The lowest BCUT2D eigenvalue weighted by Crippen LogP contribution is -2.13. The summed E-state index contributed by atoms with van der Waals surface area (Å²) in [6.07, 6.45) is 1.49. The van der Waals surface area contributed by atoms with E-state index in [9.17, 15) is 12.8 Å². The fraction of sp³-hybridized carbons (Fsp3) is 0.0455. The maximum Gasteiger partial charge on any atom is 0.265 e. The van der Waals surface area contributed by atoms with E-state index >= 15 is 0 Å². The highest BCUT2D eigenvalue weighted by Crippen LogP contribution is 2.29. The van der Waals surface area contributed by atoms with Gasteiger partial charge < -0.3 is 0 Å². The third-order valence-corrected chi connectivity index (χ3v) is 6.10. The number of rotatable bonds is 6. The molecule has 0 amide bonds. The first-order chi connectivity index (χ1) is 14.4. The van der Waals surface area contributed by atoms with Gasteiger partial charge >= 0.3 is 0 Å². The Hall–Kier alpha value is -3.16. The van der Waals surface area contributed by atoms with Crippen LogP contribution in [-0.4, -0.2) is 18.2 Å². The highest BCUT2D eigenvalue weighted by Gasteiger charge is 2.24. The summed E-state index contributed by atoms with van der Waals surface area (Å²) in [5.74, 6) is -0.625. The minimum atomic E-state index is -4.01. The molecule has 30 heavy (non-hydrogen) atoms. The van der Waals surface area contributed by atoms with E-state index in [0.29, 0.717) is 17.8 Å². The largest absolute Gasteiger partial charge is 0.279 e. The second-order valence-corrected chi connectivity index (χ2v) is 8.68. The molecule has 0 saturated carbocycles. The van der Waals surface area contributed by atoms with Crippen LogP contribution in [0.25, 0.3) is 11.3 Å². The summed E-state index contributed by atoms with van der Waals surface area (Å²) in [6.45, 7) is 0.415. The van der Waals surface area contributed by atoms with Crippen molar-refractivity contribution in [3.63, 3.8) is 0 Å². The lowest BCUT2D eigenvalue weighted by atomic mass is 10.2. The summed E-state index contributed by atoms with van der Waals surface area (Å²) in [5.41, 5.74) is 2.15. The molecule has 4 rings (SSSR count). The summed E-state index contributed by atoms with van der Waals surface area (Å²) in [6, 6.07) is 22.3. The quantitative estimate of drug-likeness (QED) is 0.447. The monoisotopic (exact) mass is 441 g/mol. The number of nitrogens with one attached hydrogen (secondary N) is 1. The van der Waals surface area contributed by atoms with Gasteiger partial charge in [0, 0.05) is 11.8 Å². The van der Waals surface area contributed by atoms with Crippen molar-refractivity contribution in [3.8, 4) is 11.3 Å². The van der Waals surface area contributed by atoms with E-state index in [1.165, 1.54) is 18.3 Å². The number of anilines is 1. The van der Waals surface area contributed by atoms with Crippen molar-refractivity contribution in [2.45, 2.75) is 11.4 Å². The predicted octanol–water partition coefficient (Wildman–Crippen LogP) is 5.19. The fourth-order valence-corrected chi connectivity index (χ4v) is 4.42. The van der Waals surface area contributed by atoms with E-state index < -0.39 is 15.8 Å². The molecule has 8 heteroatoms. The highest BCUT2D eigenvalue weighted by atomic mass is 35.5. The summed E-state index contributed by atoms with van der Waals surface area (Å²) in [4.78, 5) is 0.0186. The van der Waals surface area contributed by atoms with Crippen molar-refractivity contribution in [1.29, 1.82) is 0 Å². The Morgan fingerprint density at radius 2 is 1.63 bits per heavy atom. The Kier molecular flexibility index (Phi) is 5.57. The second kappa shape index (κ2) is 8.30. The van der Waals surface area contributed by atoms with Gasteiger partial charge in [0.05, 0.1) is 17.3 Å². The minimum Gasteiger partial charge on any atom is -0.279 e. The van der Waals surface area contributed by atoms with Gasteiger partial charge in [-0.3, -0.25) is 9.40 Å². The predicted molar refractivity (Wildman–Crippen MR) is 115 cm³/mol. The number of sulfonamides is 1. The van der Waals surface area contributed by atoms with Gasteiger partial charge in [-0.05, 0) is 23.8 Å². The van der Waals surface area contributed by atoms with Crippen molar-refractivity contribution >= 4 is 27.3 Å². The van der Waals surface area contributed by atoms with Crippen LogP contribution >= 0.6 is 11.6 Å². The van der Waals surface area contributed by atoms with E-state index in [0.717, 1.165) is 11.6 Å². The van der Waals surface area contributed by atoms with Crippen LogP contribution in [0.1, 0.15) is 5.56 Å². The van der Waals surface area contributed by atoms with Gasteiger partial charge in [0.1, 0.15) is 16.4 Å². The van der Waals surface area contributed by atoms with Gasteiger partial charge in [0.2, 0.25) is 0 Å². The normalized spacial score (nSPS) is 11.4. The number of aromatic nitrogens is 2. The molecule has 0 aliphatic heterocycles. The van der Waals surface area contributed by atoms with Gasteiger partial charge in [-0.15, -0.1) is 0 Å². The van der Waals surface area contributed by atoms with Crippen molar-refractivity contribution in [1.82, 2.24) is 9.78 Å². The van der Waals surface area contributed by atoms with Crippen molar-refractivity contribution < 1.29 is 12.8 Å². The SMILES string of the molecule is O=S(=O)(Nc1ccc(F)c(Cl)c1)c1cn(Cc2ccccc2)nc1-c1ccccc1. The molecule has 1 heterocycles. The number of hydrogen-bond donors (Lipinski definition) is 1. The molecule has 0 unspecified atom stereocenters. The minimum absolute atomic E-state index is 0.0186. The van der Waals surface area contributed by atoms with E-state index in [-0.39, 0.29) is 15.6 Å². The first-order valence-electron chi connectivity index (χ1n) is 9.07. The smallest absolute Gasteiger partial charge is 0.265 e. The summed E-state index contributed by atoms with van der Waals surface area (Å²) < 4.78 is 43.8. The Morgan fingerprint density at radius 3 is 2.30 bits per heavy atom. The molecule has 5 nitrogen and oxygen atoms in total. The molecule has 3 aromatic carbocycles. The van der Waals surface area contributed by atoms with E-state index in [4.69, 9.17) is 11.6 Å². The zero-order valence-corrected chi connectivity index (χ0v) is 17.2. The van der Waals surface area contributed by atoms with Crippen molar-refractivity contribution in [3.05, 3.63) is 101 Å². The third kappa shape index (κ3) is 4.37. The highest BCUT2D eigenvalue weighted by molar-refractivity contribution is 7.92. The molecule has 0 saturated heterocycles. The molecule has 1 aromatic heterocycles. The molecule has 0 aliphatic rings. The first kappa shape index (κ1) is 20.1. The van der Waals surface area contributed by atoms with Gasteiger partial charge in [-0.1, -0.05) is 72.3 Å². The molecule has 0 aliphatic carbocycles. The fourth-order valence-electron chi connectivity index (χ4n) is 3.02. The number of nitrogens with zero attached hydrogens (tertiary/aromatic N) is 2.